The average molecular weight is 270 g/mol. The first kappa shape index (κ1) is 15.3. The van der Waals surface area contributed by atoms with Crippen molar-refractivity contribution in [2.75, 3.05) is 20.7 Å². The quantitative estimate of drug-likeness (QED) is 0.845. The molecule has 0 atom stereocenters. The number of benzene rings is 1. The van der Waals surface area contributed by atoms with Gasteiger partial charge in [0, 0.05) is 22.5 Å². The van der Waals surface area contributed by atoms with E-state index >= 15 is 0 Å². The summed E-state index contributed by atoms with van der Waals surface area (Å²) in [6, 6.07) is 4.01. The number of halogens is 1. The molecule has 1 N–H and O–H groups in total. The first-order valence-corrected chi connectivity index (χ1v) is 6.91. The predicted octanol–water partition coefficient (Wildman–Crippen LogP) is 3.93. The highest BCUT2D eigenvalue weighted by molar-refractivity contribution is 6.30. The van der Waals surface area contributed by atoms with Gasteiger partial charge in [-0.05, 0) is 44.5 Å². The summed E-state index contributed by atoms with van der Waals surface area (Å²) in [6.07, 6.45) is 2.11. The molecule has 1 aromatic carbocycles. The Balaban J connectivity index is 3.43. The Morgan fingerprint density at radius 3 is 2.33 bits per heavy atom. The minimum atomic E-state index is 0.0791. The van der Waals surface area contributed by atoms with Gasteiger partial charge < -0.3 is 10.1 Å². The van der Waals surface area contributed by atoms with Crippen molar-refractivity contribution in [1.82, 2.24) is 5.32 Å². The fourth-order valence-corrected chi connectivity index (χ4v) is 2.98. The molecule has 0 spiro atoms. The summed E-state index contributed by atoms with van der Waals surface area (Å²) >= 11 is 6.22. The van der Waals surface area contributed by atoms with Gasteiger partial charge in [0.05, 0.1) is 7.11 Å². The van der Waals surface area contributed by atoms with Crippen LogP contribution in [-0.4, -0.2) is 20.7 Å². The maximum atomic E-state index is 6.22. The molecule has 0 aliphatic heterocycles. The molecule has 2 nitrogen and oxygen atoms in total. The van der Waals surface area contributed by atoms with Gasteiger partial charge in [-0.3, -0.25) is 0 Å². The Hall–Kier alpha value is -0.730. The van der Waals surface area contributed by atoms with E-state index in [2.05, 4.69) is 25.2 Å². The molecule has 3 heteroatoms. The van der Waals surface area contributed by atoms with Gasteiger partial charge in [-0.1, -0.05) is 25.4 Å². The molecule has 0 amide bonds. The fraction of sp³-hybridized carbons (Fsp3) is 0.600. The van der Waals surface area contributed by atoms with Gasteiger partial charge in [-0.15, -0.1) is 0 Å². The molecule has 1 aromatic rings. The second kappa shape index (κ2) is 6.44. The van der Waals surface area contributed by atoms with E-state index in [-0.39, 0.29) is 5.41 Å². The Kier molecular flexibility index (Phi) is 5.48. The zero-order valence-electron chi connectivity index (χ0n) is 12.1. The average Bonchev–Trinajstić information content (AvgIpc) is 2.35. The van der Waals surface area contributed by atoms with Crippen LogP contribution < -0.4 is 10.1 Å². The lowest BCUT2D eigenvalue weighted by molar-refractivity contribution is 0.345. The molecular formula is C15H24ClNO. The van der Waals surface area contributed by atoms with Crippen LogP contribution in [0.3, 0.4) is 0 Å². The smallest absolute Gasteiger partial charge is 0.125 e. The van der Waals surface area contributed by atoms with Gasteiger partial charge in [0.25, 0.3) is 0 Å². The third-order valence-corrected chi connectivity index (χ3v) is 4.10. The standard InChI is InChI=1S/C15H24ClNO/c1-6-15(7-2,10-17-4)13-9-12(16)8-11(3)14(13)18-5/h8-9,17H,6-7,10H2,1-5H3. The molecule has 0 saturated carbocycles. The highest BCUT2D eigenvalue weighted by Gasteiger charge is 2.31. The Morgan fingerprint density at radius 1 is 1.28 bits per heavy atom. The van der Waals surface area contributed by atoms with Crippen LogP contribution in [0.25, 0.3) is 0 Å². The lowest BCUT2D eigenvalue weighted by Gasteiger charge is -2.34. The van der Waals surface area contributed by atoms with Crippen LogP contribution in [0.15, 0.2) is 12.1 Å². The van der Waals surface area contributed by atoms with Crippen molar-refractivity contribution in [3.8, 4) is 5.75 Å². The second-order valence-electron chi connectivity index (χ2n) is 4.82. The number of hydrogen-bond donors (Lipinski definition) is 1. The lowest BCUT2D eigenvalue weighted by atomic mass is 9.74. The van der Waals surface area contributed by atoms with Gasteiger partial charge >= 0.3 is 0 Å². The van der Waals surface area contributed by atoms with E-state index in [1.807, 2.05) is 20.0 Å². The summed E-state index contributed by atoms with van der Waals surface area (Å²) in [4.78, 5) is 0. The van der Waals surface area contributed by atoms with Crippen LogP contribution in [0.2, 0.25) is 5.02 Å². The summed E-state index contributed by atoms with van der Waals surface area (Å²) in [6.45, 7) is 7.41. The predicted molar refractivity (Wildman–Crippen MR) is 78.9 cm³/mol. The van der Waals surface area contributed by atoms with Gasteiger partial charge in [0.15, 0.2) is 0 Å². The Labute approximate surface area is 116 Å². The maximum absolute atomic E-state index is 6.22. The van der Waals surface area contributed by atoms with Gasteiger partial charge in [0.1, 0.15) is 5.75 Å². The molecule has 102 valence electrons. The van der Waals surface area contributed by atoms with Crippen LogP contribution in [0, 0.1) is 6.92 Å². The Morgan fingerprint density at radius 2 is 1.89 bits per heavy atom. The molecule has 0 aliphatic rings. The van der Waals surface area contributed by atoms with Crippen LogP contribution in [0.5, 0.6) is 5.75 Å². The van der Waals surface area contributed by atoms with Crippen molar-refractivity contribution in [2.24, 2.45) is 0 Å². The summed E-state index contributed by atoms with van der Waals surface area (Å²) < 4.78 is 5.60. The van der Waals surface area contributed by atoms with E-state index in [0.717, 1.165) is 35.7 Å². The molecule has 0 bridgehead atoms. The third-order valence-electron chi connectivity index (χ3n) is 3.88. The number of likely N-dealkylation sites (N-methyl/N-ethyl adjacent to an activating group) is 1. The van der Waals surface area contributed by atoms with Crippen molar-refractivity contribution in [3.63, 3.8) is 0 Å². The normalized spacial score (nSPS) is 11.7. The second-order valence-corrected chi connectivity index (χ2v) is 5.26. The maximum Gasteiger partial charge on any atom is 0.125 e. The number of hydrogen-bond acceptors (Lipinski definition) is 2. The Bertz CT molecular complexity index is 400. The van der Waals surface area contributed by atoms with E-state index in [0.29, 0.717) is 0 Å². The molecule has 0 fully saturated rings. The molecule has 0 unspecified atom stereocenters. The molecule has 0 saturated heterocycles. The summed E-state index contributed by atoms with van der Waals surface area (Å²) in [5.74, 6) is 0.971. The van der Waals surface area contributed by atoms with E-state index < -0.39 is 0 Å². The van der Waals surface area contributed by atoms with E-state index in [4.69, 9.17) is 16.3 Å². The first-order chi connectivity index (χ1) is 8.54. The van der Waals surface area contributed by atoms with Crippen molar-refractivity contribution in [1.29, 1.82) is 0 Å². The zero-order valence-corrected chi connectivity index (χ0v) is 12.8. The zero-order chi connectivity index (χ0) is 13.8. The van der Waals surface area contributed by atoms with E-state index in [1.54, 1.807) is 7.11 Å². The topological polar surface area (TPSA) is 21.3 Å². The number of aryl methyl sites for hydroxylation is 1. The van der Waals surface area contributed by atoms with E-state index in [9.17, 15) is 0 Å². The first-order valence-electron chi connectivity index (χ1n) is 6.53. The fourth-order valence-electron chi connectivity index (χ4n) is 2.71. The molecule has 18 heavy (non-hydrogen) atoms. The summed E-state index contributed by atoms with van der Waals surface area (Å²) in [7, 11) is 3.72. The van der Waals surface area contributed by atoms with Crippen molar-refractivity contribution >= 4 is 11.6 Å². The monoisotopic (exact) mass is 269 g/mol. The molecular weight excluding hydrogens is 246 g/mol. The SMILES string of the molecule is CCC(CC)(CNC)c1cc(Cl)cc(C)c1OC. The number of rotatable bonds is 6. The summed E-state index contributed by atoms with van der Waals surface area (Å²) in [5, 5.41) is 4.08. The number of ether oxygens (including phenoxy) is 1. The molecule has 0 aromatic heterocycles. The van der Waals surface area contributed by atoms with Crippen LogP contribution in [-0.2, 0) is 5.41 Å². The van der Waals surface area contributed by atoms with Crippen molar-refractivity contribution < 1.29 is 4.74 Å². The van der Waals surface area contributed by atoms with Crippen LogP contribution in [0.4, 0.5) is 0 Å². The van der Waals surface area contributed by atoms with Gasteiger partial charge in [-0.2, -0.15) is 0 Å². The largest absolute Gasteiger partial charge is 0.496 e. The minimum Gasteiger partial charge on any atom is -0.496 e. The highest BCUT2D eigenvalue weighted by Crippen LogP contribution is 2.40. The molecule has 0 radical (unpaired) electrons. The van der Waals surface area contributed by atoms with Gasteiger partial charge in [-0.25, -0.2) is 0 Å². The van der Waals surface area contributed by atoms with Gasteiger partial charge in [0.2, 0.25) is 0 Å². The molecule has 0 aliphatic carbocycles. The van der Waals surface area contributed by atoms with Crippen molar-refractivity contribution in [3.05, 3.63) is 28.3 Å². The lowest BCUT2D eigenvalue weighted by Crippen LogP contribution is -2.36. The van der Waals surface area contributed by atoms with Crippen molar-refractivity contribution in [2.45, 2.75) is 39.0 Å². The van der Waals surface area contributed by atoms with Crippen LogP contribution >= 0.6 is 11.6 Å². The molecule has 1 rings (SSSR count). The minimum absolute atomic E-state index is 0.0791. The highest BCUT2D eigenvalue weighted by atomic mass is 35.5. The summed E-state index contributed by atoms with van der Waals surface area (Å²) in [5.41, 5.74) is 2.40. The molecule has 0 heterocycles. The third kappa shape index (κ3) is 2.81. The number of methoxy groups -OCH3 is 1. The van der Waals surface area contributed by atoms with E-state index in [1.165, 1.54) is 5.56 Å². The van der Waals surface area contributed by atoms with Crippen LogP contribution in [0.1, 0.15) is 37.8 Å². The number of nitrogens with one attached hydrogen (secondary N) is 1.